The molecule has 2 heterocycles. The van der Waals surface area contributed by atoms with E-state index in [1.54, 1.807) is 6.20 Å². The fourth-order valence-corrected chi connectivity index (χ4v) is 3.13. The Kier molecular flexibility index (Phi) is 3.66. The van der Waals surface area contributed by atoms with Crippen molar-refractivity contribution in [1.29, 1.82) is 5.26 Å². The lowest BCUT2D eigenvalue weighted by atomic mass is 10.0. The van der Waals surface area contributed by atoms with E-state index in [1.165, 1.54) is 6.42 Å². The lowest BCUT2D eigenvalue weighted by Crippen LogP contribution is -2.40. The molecule has 1 fully saturated rings. The molecule has 108 valence electrons. The van der Waals surface area contributed by atoms with E-state index >= 15 is 0 Å². The number of hydrogen-bond donors (Lipinski definition) is 0. The SMILES string of the molecule is CC1CCCN(C(=O)Cn2cc(C#N)c3ccccc32)C1. The van der Waals surface area contributed by atoms with Gasteiger partial charge in [0.05, 0.1) is 5.56 Å². The molecule has 3 rings (SSSR count). The Labute approximate surface area is 124 Å². The second-order valence-electron chi connectivity index (χ2n) is 5.89. The highest BCUT2D eigenvalue weighted by Crippen LogP contribution is 2.21. The van der Waals surface area contributed by atoms with E-state index in [0.717, 1.165) is 30.4 Å². The molecular weight excluding hydrogens is 262 g/mol. The standard InChI is InChI=1S/C17H19N3O/c1-13-5-4-8-19(10-13)17(21)12-20-11-14(9-18)15-6-2-3-7-16(15)20/h2-3,6-7,11,13H,4-5,8,10,12H2,1H3. The summed E-state index contributed by atoms with van der Waals surface area (Å²) in [6.07, 6.45) is 4.08. The summed E-state index contributed by atoms with van der Waals surface area (Å²) in [5, 5.41) is 10.1. The van der Waals surface area contributed by atoms with Crippen LogP contribution in [0.3, 0.4) is 0 Å². The number of nitriles is 1. The van der Waals surface area contributed by atoms with Crippen LogP contribution in [0.2, 0.25) is 0 Å². The van der Waals surface area contributed by atoms with Crippen molar-refractivity contribution in [1.82, 2.24) is 9.47 Å². The van der Waals surface area contributed by atoms with Gasteiger partial charge in [-0.05, 0) is 24.8 Å². The van der Waals surface area contributed by atoms with Gasteiger partial charge < -0.3 is 9.47 Å². The van der Waals surface area contributed by atoms with Crippen LogP contribution in [0.5, 0.6) is 0 Å². The van der Waals surface area contributed by atoms with E-state index in [2.05, 4.69) is 13.0 Å². The molecule has 1 aromatic heterocycles. The smallest absolute Gasteiger partial charge is 0.242 e. The number of rotatable bonds is 2. The van der Waals surface area contributed by atoms with Crippen molar-refractivity contribution < 1.29 is 4.79 Å². The minimum Gasteiger partial charge on any atom is -0.341 e. The molecule has 1 aliphatic heterocycles. The highest BCUT2D eigenvalue weighted by molar-refractivity contribution is 5.88. The van der Waals surface area contributed by atoms with E-state index < -0.39 is 0 Å². The number of aromatic nitrogens is 1. The monoisotopic (exact) mass is 281 g/mol. The van der Waals surface area contributed by atoms with Gasteiger partial charge in [0.15, 0.2) is 0 Å². The normalized spacial score (nSPS) is 18.7. The number of nitrogens with zero attached hydrogens (tertiary/aromatic N) is 3. The van der Waals surface area contributed by atoms with Gasteiger partial charge in [-0.15, -0.1) is 0 Å². The summed E-state index contributed by atoms with van der Waals surface area (Å²) in [5.41, 5.74) is 1.58. The molecule has 1 aliphatic rings. The number of hydrogen-bond acceptors (Lipinski definition) is 2. The molecule has 0 saturated carbocycles. The van der Waals surface area contributed by atoms with Gasteiger partial charge in [0.1, 0.15) is 12.6 Å². The summed E-state index contributed by atoms with van der Waals surface area (Å²) in [4.78, 5) is 14.4. The first-order valence-electron chi connectivity index (χ1n) is 7.45. The van der Waals surface area contributed by atoms with Crippen molar-refractivity contribution in [2.24, 2.45) is 5.92 Å². The average Bonchev–Trinajstić information content (AvgIpc) is 2.85. The summed E-state index contributed by atoms with van der Waals surface area (Å²) in [5.74, 6) is 0.727. The number of carbonyl (C=O) groups excluding carboxylic acids is 1. The van der Waals surface area contributed by atoms with Crippen LogP contribution < -0.4 is 0 Å². The number of para-hydroxylation sites is 1. The van der Waals surface area contributed by atoms with Crippen LogP contribution in [0.25, 0.3) is 10.9 Å². The topological polar surface area (TPSA) is 49.0 Å². The van der Waals surface area contributed by atoms with Gasteiger partial charge in [-0.2, -0.15) is 5.26 Å². The maximum atomic E-state index is 12.5. The number of benzene rings is 1. The van der Waals surface area contributed by atoms with Crippen LogP contribution in [-0.2, 0) is 11.3 Å². The second kappa shape index (κ2) is 5.61. The molecule has 21 heavy (non-hydrogen) atoms. The molecule has 0 spiro atoms. The van der Waals surface area contributed by atoms with Gasteiger partial charge in [0, 0.05) is 30.2 Å². The third-order valence-electron chi connectivity index (χ3n) is 4.22. The quantitative estimate of drug-likeness (QED) is 0.850. The Morgan fingerprint density at radius 1 is 1.43 bits per heavy atom. The Bertz CT molecular complexity index is 710. The second-order valence-corrected chi connectivity index (χ2v) is 5.89. The van der Waals surface area contributed by atoms with Crippen molar-refractivity contribution in [2.45, 2.75) is 26.3 Å². The fraction of sp³-hybridized carbons (Fsp3) is 0.412. The molecule has 1 aromatic carbocycles. The lowest BCUT2D eigenvalue weighted by molar-refractivity contribution is -0.133. The maximum Gasteiger partial charge on any atom is 0.242 e. The van der Waals surface area contributed by atoms with Gasteiger partial charge in [-0.3, -0.25) is 4.79 Å². The van der Waals surface area contributed by atoms with Crippen LogP contribution in [0.1, 0.15) is 25.3 Å². The van der Waals surface area contributed by atoms with Crippen LogP contribution in [0.15, 0.2) is 30.5 Å². The molecule has 0 bridgehead atoms. The first kappa shape index (κ1) is 13.7. The highest BCUT2D eigenvalue weighted by atomic mass is 16.2. The molecule has 4 nitrogen and oxygen atoms in total. The van der Waals surface area contributed by atoms with Crippen LogP contribution in [0.4, 0.5) is 0 Å². The number of piperidine rings is 1. The van der Waals surface area contributed by atoms with Crippen LogP contribution >= 0.6 is 0 Å². The molecule has 2 aromatic rings. The lowest BCUT2D eigenvalue weighted by Gasteiger charge is -2.31. The van der Waals surface area contributed by atoms with Gasteiger partial charge in [0.25, 0.3) is 0 Å². The molecule has 0 aliphatic carbocycles. The van der Waals surface area contributed by atoms with Crippen molar-refractivity contribution in [3.05, 3.63) is 36.0 Å². The molecule has 0 radical (unpaired) electrons. The van der Waals surface area contributed by atoms with Crippen molar-refractivity contribution in [2.75, 3.05) is 13.1 Å². The largest absolute Gasteiger partial charge is 0.341 e. The predicted molar refractivity (Wildman–Crippen MR) is 81.6 cm³/mol. The number of fused-ring (bicyclic) bond motifs is 1. The minimum absolute atomic E-state index is 0.145. The van der Waals surface area contributed by atoms with Crippen molar-refractivity contribution in [3.63, 3.8) is 0 Å². The zero-order valence-corrected chi connectivity index (χ0v) is 12.2. The van der Waals surface area contributed by atoms with Crippen LogP contribution in [-0.4, -0.2) is 28.5 Å². The van der Waals surface area contributed by atoms with Gasteiger partial charge in [0.2, 0.25) is 5.91 Å². The number of amides is 1. The summed E-state index contributed by atoms with van der Waals surface area (Å²) in [6.45, 7) is 4.21. The number of likely N-dealkylation sites (tertiary alicyclic amines) is 1. The van der Waals surface area contributed by atoms with Crippen LogP contribution in [0, 0.1) is 17.2 Å². The summed E-state index contributed by atoms with van der Waals surface area (Å²) in [6, 6.07) is 9.95. The van der Waals surface area contributed by atoms with Crippen molar-refractivity contribution >= 4 is 16.8 Å². The highest BCUT2D eigenvalue weighted by Gasteiger charge is 2.21. The zero-order valence-electron chi connectivity index (χ0n) is 12.2. The average molecular weight is 281 g/mol. The van der Waals surface area contributed by atoms with Crippen molar-refractivity contribution in [3.8, 4) is 6.07 Å². The Morgan fingerprint density at radius 2 is 2.24 bits per heavy atom. The fourth-order valence-electron chi connectivity index (χ4n) is 3.13. The van der Waals surface area contributed by atoms with Gasteiger partial charge >= 0.3 is 0 Å². The minimum atomic E-state index is 0.145. The molecule has 0 N–H and O–H groups in total. The van der Waals surface area contributed by atoms with E-state index in [1.807, 2.05) is 33.7 Å². The molecule has 1 saturated heterocycles. The molecule has 4 heteroatoms. The third kappa shape index (κ3) is 2.64. The molecule has 1 atom stereocenters. The first-order valence-corrected chi connectivity index (χ1v) is 7.45. The Hall–Kier alpha value is -2.28. The Balaban J connectivity index is 1.85. The van der Waals surface area contributed by atoms with E-state index in [-0.39, 0.29) is 5.91 Å². The summed E-state index contributed by atoms with van der Waals surface area (Å²) < 4.78 is 1.90. The maximum absolute atomic E-state index is 12.5. The van der Waals surface area contributed by atoms with E-state index in [4.69, 9.17) is 0 Å². The predicted octanol–water partition coefficient (Wildman–Crippen LogP) is 2.77. The Morgan fingerprint density at radius 3 is 3.00 bits per heavy atom. The van der Waals surface area contributed by atoms with E-state index in [9.17, 15) is 10.1 Å². The third-order valence-corrected chi connectivity index (χ3v) is 4.22. The molecular formula is C17H19N3O. The number of carbonyl (C=O) groups is 1. The molecule has 1 amide bonds. The zero-order chi connectivity index (χ0) is 14.8. The summed E-state index contributed by atoms with van der Waals surface area (Å²) >= 11 is 0. The van der Waals surface area contributed by atoms with Gasteiger partial charge in [-0.1, -0.05) is 25.1 Å². The summed E-state index contributed by atoms with van der Waals surface area (Å²) in [7, 11) is 0. The molecule has 1 unspecified atom stereocenters. The van der Waals surface area contributed by atoms with Gasteiger partial charge in [-0.25, -0.2) is 0 Å². The first-order chi connectivity index (χ1) is 10.2. The van der Waals surface area contributed by atoms with E-state index in [0.29, 0.717) is 18.0 Å².